The third kappa shape index (κ3) is 5.11. The molecule has 0 aliphatic carbocycles. The Balaban J connectivity index is 1.54. The van der Waals surface area contributed by atoms with Crippen molar-refractivity contribution in [3.63, 3.8) is 0 Å². The van der Waals surface area contributed by atoms with E-state index in [1.54, 1.807) is 26.5 Å². The molecule has 0 amide bonds. The second kappa shape index (κ2) is 10.9. The number of fused-ring (bicyclic) bond motifs is 1. The molecule has 0 fully saturated rings. The summed E-state index contributed by atoms with van der Waals surface area (Å²) in [5.74, 6) is 2.06. The van der Waals surface area contributed by atoms with Crippen LogP contribution in [0.5, 0.6) is 17.2 Å². The zero-order valence-electron chi connectivity index (χ0n) is 19.1. The lowest BCUT2D eigenvalue weighted by molar-refractivity contribution is 0.306. The van der Waals surface area contributed by atoms with Crippen LogP contribution >= 0.6 is 0 Å². The lowest BCUT2D eigenvalue weighted by Gasteiger charge is -2.13. The molecule has 4 aromatic carbocycles. The van der Waals surface area contributed by atoms with Crippen molar-refractivity contribution in [1.29, 1.82) is 5.26 Å². The molecule has 6 nitrogen and oxygen atoms in total. The Morgan fingerprint density at radius 2 is 1.65 bits per heavy atom. The van der Waals surface area contributed by atoms with E-state index in [2.05, 4.69) is 22.7 Å². The van der Waals surface area contributed by atoms with Gasteiger partial charge in [0.05, 0.1) is 38.6 Å². The summed E-state index contributed by atoms with van der Waals surface area (Å²) in [6, 6.07) is 27.5. The van der Waals surface area contributed by atoms with E-state index < -0.39 is 0 Å². The van der Waals surface area contributed by atoms with Gasteiger partial charge in [-0.15, -0.1) is 0 Å². The first-order chi connectivity index (χ1) is 16.7. The van der Waals surface area contributed by atoms with E-state index in [-0.39, 0.29) is 0 Å². The van der Waals surface area contributed by atoms with Gasteiger partial charge in [-0.1, -0.05) is 54.6 Å². The quantitative estimate of drug-likeness (QED) is 0.271. The third-order valence-corrected chi connectivity index (χ3v) is 5.47. The zero-order chi connectivity index (χ0) is 23.8. The van der Waals surface area contributed by atoms with Crippen molar-refractivity contribution in [2.45, 2.75) is 13.2 Å². The number of nitriles is 1. The molecule has 0 aliphatic heterocycles. The van der Waals surface area contributed by atoms with Crippen LogP contribution in [0.4, 0.5) is 0 Å². The Morgan fingerprint density at radius 3 is 2.47 bits per heavy atom. The summed E-state index contributed by atoms with van der Waals surface area (Å²) in [6.07, 6.45) is 1.77. The van der Waals surface area contributed by atoms with Gasteiger partial charge in [-0.3, -0.25) is 0 Å². The molecule has 0 aliphatic rings. The maximum Gasteiger partial charge on any atom is 0.161 e. The SMILES string of the molecule is COc1ccc(CN/N=C\c2c(OCc3ccccc3C#N)ccc3ccccc23)cc1OC. The normalized spacial score (nSPS) is 10.7. The highest BCUT2D eigenvalue weighted by Gasteiger charge is 2.09. The molecule has 34 heavy (non-hydrogen) atoms. The number of hydrogen-bond donors (Lipinski definition) is 1. The van der Waals surface area contributed by atoms with Gasteiger partial charge in [-0.05, 0) is 40.6 Å². The molecule has 1 N–H and O–H groups in total. The largest absolute Gasteiger partial charge is 0.493 e. The minimum Gasteiger partial charge on any atom is -0.493 e. The topological polar surface area (TPSA) is 75.9 Å². The van der Waals surface area contributed by atoms with Crippen molar-refractivity contribution < 1.29 is 14.2 Å². The van der Waals surface area contributed by atoms with Crippen LogP contribution in [0.1, 0.15) is 22.3 Å². The van der Waals surface area contributed by atoms with Crippen LogP contribution in [0.2, 0.25) is 0 Å². The number of nitrogens with zero attached hydrogens (tertiary/aromatic N) is 2. The van der Waals surface area contributed by atoms with Crippen LogP contribution < -0.4 is 19.6 Å². The van der Waals surface area contributed by atoms with Gasteiger partial charge in [-0.2, -0.15) is 10.4 Å². The molecule has 0 bridgehead atoms. The summed E-state index contributed by atoms with van der Waals surface area (Å²) < 4.78 is 16.8. The number of hydrazone groups is 1. The molecule has 4 rings (SSSR count). The Hall–Kier alpha value is -4.50. The van der Waals surface area contributed by atoms with Gasteiger partial charge in [0, 0.05) is 11.1 Å². The van der Waals surface area contributed by atoms with Crippen molar-refractivity contribution in [2.75, 3.05) is 14.2 Å². The van der Waals surface area contributed by atoms with Gasteiger partial charge in [0.15, 0.2) is 11.5 Å². The van der Waals surface area contributed by atoms with Crippen LogP contribution in [0.15, 0.2) is 84.0 Å². The molecule has 0 spiro atoms. The Kier molecular flexibility index (Phi) is 7.26. The Morgan fingerprint density at radius 1 is 0.882 bits per heavy atom. The molecular formula is C28H25N3O3. The van der Waals surface area contributed by atoms with Gasteiger partial charge < -0.3 is 19.6 Å². The van der Waals surface area contributed by atoms with E-state index >= 15 is 0 Å². The molecule has 0 aromatic heterocycles. The van der Waals surface area contributed by atoms with Crippen LogP contribution in [0, 0.1) is 11.3 Å². The first-order valence-electron chi connectivity index (χ1n) is 10.8. The number of methoxy groups -OCH3 is 2. The summed E-state index contributed by atoms with van der Waals surface area (Å²) in [5, 5.41) is 15.9. The smallest absolute Gasteiger partial charge is 0.161 e. The lowest BCUT2D eigenvalue weighted by atomic mass is 10.0. The minimum absolute atomic E-state index is 0.294. The lowest BCUT2D eigenvalue weighted by Crippen LogP contribution is -2.07. The highest BCUT2D eigenvalue weighted by atomic mass is 16.5. The summed E-state index contributed by atoms with van der Waals surface area (Å²) >= 11 is 0. The number of rotatable bonds is 9. The van der Waals surface area contributed by atoms with Crippen LogP contribution in [-0.2, 0) is 13.2 Å². The first-order valence-corrected chi connectivity index (χ1v) is 10.8. The maximum atomic E-state index is 9.36. The molecular weight excluding hydrogens is 426 g/mol. The summed E-state index contributed by atoms with van der Waals surface area (Å²) in [6.45, 7) is 0.815. The van der Waals surface area contributed by atoms with Crippen LogP contribution in [0.25, 0.3) is 10.8 Å². The Labute approximate surface area is 199 Å². The van der Waals surface area contributed by atoms with Gasteiger partial charge in [0.1, 0.15) is 12.4 Å². The van der Waals surface area contributed by atoms with E-state index in [0.717, 1.165) is 27.5 Å². The van der Waals surface area contributed by atoms with Crippen LogP contribution in [-0.4, -0.2) is 20.4 Å². The predicted molar refractivity (Wildman–Crippen MR) is 133 cm³/mol. The zero-order valence-corrected chi connectivity index (χ0v) is 19.1. The molecule has 0 saturated heterocycles. The van der Waals surface area contributed by atoms with Crippen molar-refractivity contribution in [2.24, 2.45) is 5.10 Å². The molecule has 6 heteroatoms. The van der Waals surface area contributed by atoms with E-state index in [1.807, 2.05) is 66.7 Å². The average Bonchev–Trinajstić information content (AvgIpc) is 2.90. The minimum atomic E-state index is 0.294. The van der Waals surface area contributed by atoms with Crippen molar-refractivity contribution in [3.8, 4) is 23.3 Å². The summed E-state index contributed by atoms with van der Waals surface area (Å²) in [4.78, 5) is 0. The number of nitrogens with one attached hydrogen (secondary N) is 1. The molecule has 0 heterocycles. The number of benzene rings is 4. The average molecular weight is 452 g/mol. The highest BCUT2D eigenvalue weighted by Crippen LogP contribution is 2.29. The fourth-order valence-electron chi connectivity index (χ4n) is 3.68. The second-order valence-electron chi connectivity index (χ2n) is 7.54. The van der Waals surface area contributed by atoms with Crippen molar-refractivity contribution in [3.05, 3.63) is 101 Å². The van der Waals surface area contributed by atoms with E-state index in [9.17, 15) is 5.26 Å². The molecule has 4 aromatic rings. The number of ether oxygens (including phenoxy) is 3. The standard InChI is InChI=1S/C28H25N3O3/c1-32-27-13-11-20(15-28(27)33-2)17-30-31-18-25-24-10-6-5-7-21(24)12-14-26(25)34-19-23-9-4-3-8-22(23)16-29/h3-15,18,30H,17,19H2,1-2H3/b31-18-. The number of hydrogen-bond acceptors (Lipinski definition) is 6. The fraction of sp³-hybridized carbons (Fsp3) is 0.143. The third-order valence-electron chi connectivity index (χ3n) is 5.47. The van der Waals surface area contributed by atoms with Gasteiger partial charge in [0.2, 0.25) is 0 Å². The maximum absolute atomic E-state index is 9.36. The molecule has 0 saturated carbocycles. The van der Waals surface area contributed by atoms with Gasteiger partial charge in [0.25, 0.3) is 0 Å². The first kappa shape index (κ1) is 22.7. The highest BCUT2D eigenvalue weighted by molar-refractivity contribution is 6.02. The van der Waals surface area contributed by atoms with E-state index in [4.69, 9.17) is 14.2 Å². The summed E-state index contributed by atoms with van der Waals surface area (Å²) in [7, 11) is 3.23. The van der Waals surface area contributed by atoms with Crippen molar-refractivity contribution in [1.82, 2.24) is 5.43 Å². The van der Waals surface area contributed by atoms with Crippen LogP contribution in [0.3, 0.4) is 0 Å². The van der Waals surface area contributed by atoms with Gasteiger partial charge in [-0.25, -0.2) is 0 Å². The summed E-state index contributed by atoms with van der Waals surface area (Å²) in [5.41, 5.74) is 6.42. The second-order valence-corrected chi connectivity index (χ2v) is 7.54. The van der Waals surface area contributed by atoms with Crippen molar-refractivity contribution >= 4 is 17.0 Å². The van der Waals surface area contributed by atoms with E-state index in [1.165, 1.54) is 0 Å². The predicted octanol–water partition coefficient (Wildman–Crippen LogP) is 5.43. The van der Waals surface area contributed by atoms with Gasteiger partial charge >= 0.3 is 0 Å². The monoisotopic (exact) mass is 451 g/mol. The molecule has 0 atom stereocenters. The molecule has 0 unspecified atom stereocenters. The Bertz CT molecular complexity index is 1360. The molecule has 170 valence electrons. The van der Waals surface area contributed by atoms with E-state index in [0.29, 0.717) is 36.0 Å². The fourth-order valence-corrected chi connectivity index (χ4v) is 3.68. The molecule has 0 radical (unpaired) electrons.